The van der Waals surface area contributed by atoms with Gasteiger partial charge in [-0.15, -0.1) is 0 Å². The zero-order valence-corrected chi connectivity index (χ0v) is 14.4. The summed E-state index contributed by atoms with van der Waals surface area (Å²) in [4.78, 5) is 12.6. The van der Waals surface area contributed by atoms with Crippen LogP contribution in [-0.4, -0.2) is 24.2 Å². The Bertz CT molecular complexity index is 652. The molecule has 3 nitrogen and oxygen atoms in total. The molecule has 0 bridgehead atoms. The fourth-order valence-electron chi connectivity index (χ4n) is 4.63. The Hall–Kier alpha value is -1.49. The lowest BCUT2D eigenvalue weighted by molar-refractivity contribution is -0.129. The van der Waals surface area contributed by atoms with Crippen LogP contribution in [0.1, 0.15) is 62.8 Å². The van der Waals surface area contributed by atoms with Gasteiger partial charge in [0, 0.05) is 24.6 Å². The summed E-state index contributed by atoms with van der Waals surface area (Å²) in [5.74, 6) is -1.43. The fourth-order valence-corrected chi connectivity index (χ4v) is 4.63. The molecule has 25 heavy (non-hydrogen) atoms. The summed E-state index contributed by atoms with van der Waals surface area (Å²) in [5, 5.41) is 3.17. The number of ether oxygens (including phenoxy) is 1. The minimum Gasteiger partial charge on any atom is -0.375 e. The lowest BCUT2D eigenvalue weighted by atomic mass is 9.78. The van der Waals surface area contributed by atoms with Gasteiger partial charge >= 0.3 is 0 Å². The number of hydrogen-bond donors (Lipinski definition) is 1. The highest BCUT2D eigenvalue weighted by molar-refractivity contribution is 5.83. The summed E-state index contributed by atoms with van der Waals surface area (Å²) >= 11 is 0. The summed E-state index contributed by atoms with van der Waals surface area (Å²) in [6.07, 6.45) is 8.23. The number of benzene rings is 1. The molecule has 2 aliphatic carbocycles. The first-order valence-corrected chi connectivity index (χ1v) is 9.46. The van der Waals surface area contributed by atoms with Crippen molar-refractivity contribution in [2.75, 3.05) is 6.61 Å². The first-order valence-electron chi connectivity index (χ1n) is 9.46. The second kappa shape index (κ2) is 6.67. The van der Waals surface area contributed by atoms with Gasteiger partial charge in [-0.1, -0.05) is 25.3 Å². The summed E-state index contributed by atoms with van der Waals surface area (Å²) in [5.41, 5.74) is 0.415. The second-order valence-corrected chi connectivity index (χ2v) is 7.90. The Labute approximate surface area is 147 Å². The van der Waals surface area contributed by atoms with Crippen molar-refractivity contribution in [1.29, 1.82) is 0 Å². The van der Waals surface area contributed by atoms with Crippen LogP contribution in [-0.2, 0) is 9.53 Å². The third-order valence-electron chi connectivity index (χ3n) is 6.09. The van der Waals surface area contributed by atoms with Crippen molar-refractivity contribution >= 4 is 5.91 Å². The highest BCUT2D eigenvalue weighted by Gasteiger charge is 2.46. The van der Waals surface area contributed by atoms with E-state index in [9.17, 15) is 13.6 Å². The number of hydrogen-bond acceptors (Lipinski definition) is 2. The molecule has 1 heterocycles. The van der Waals surface area contributed by atoms with Crippen LogP contribution in [0, 0.1) is 17.6 Å². The van der Waals surface area contributed by atoms with Crippen molar-refractivity contribution in [3.8, 4) is 0 Å². The van der Waals surface area contributed by atoms with E-state index in [2.05, 4.69) is 5.32 Å². The summed E-state index contributed by atoms with van der Waals surface area (Å²) in [6, 6.07) is 3.78. The van der Waals surface area contributed by atoms with E-state index in [1.165, 1.54) is 31.4 Å². The lowest BCUT2D eigenvalue weighted by Gasteiger charge is -2.43. The van der Waals surface area contributed by atoms with E-state index in [1.54, 1.807) is 0 Å². The van der Waals surface area contributed by atoms with Crippen molar-refractivity contribution in [2.45, 2.75) is 68.9 Å². The van der Waals surface area contributed by atoms with Crippen molar-refractivity contribution in [3.05, 3.63) is 35.4 Å². The Balaban J connectivity index is 1.35. The molecule has 5 heteroatoms. The van der Waals surface area contributed by atoms with Crippen molar-refractivity contribution in [2.24, 2.45) is 5.92 Å². The maximum absolute atomic E-state index is 13.9. The molecule has 1 N–H and O–H groups in total. The molecule has 0 aromatic heterocycles. The summed E-state index contributed by atoms with van der Waals surface area (Å²) in [6.45, 7) is 0.700. The normalized spacial score (nSPS) is 30.9. The smallest absolute Gasteiger partial charge is 0.223 e. The Morgan fingerprint density at radius 3 is 2.76 bits per heavy atom. The predicted molar refractivity (Wildman–Crippen MR) is 90.1 cm³/mol. The van der Waals surface area contributed by atoms with Crippen molar-refractivity contribution < 1.29 is 18.3 Å². The van der Waals surface area contributed by atoms with Gasteiger partial charge in [-0.25, -0.2) is 8.78 Å². The van der Waals surface area contributed by atoms with E-state index < -0.39 is 11.6 Å². The predicted octanol–water partition coefficient (Wildman–Crippen LogP) is 4.07. The third kappa shape index (κ3) is 3.57. The van der Waals surface area contributed by atoms with Crippen LogP contribution in [0.2, 0.25) is 0 Å². The number of amides is 1. The van der Waals surface area contributed by atoms with Gasteiger partial charge in [-0.3, -0.25) is 4.79 Å². The van der Waals surface area contributed by atoms with E-state index in [0.717, 1.165) is 31.7 Å². The molecule has 1 saturated heterocycles. The van der Waals surface area contributed by atoms with Gasteiger partial charge in [0.2, 0.25) is 5.91 Å². The quantitative estimate of drug-likeness (QED) is 0.893. The zero-order valence-electron chi connectivity index (χ0n) is 14.4. The van der Waals surface area contributed by atoms with Crippen molar-refractivity contribution in [1.82, 2.24) is 5.32 Å². The van der Waals surface area contributed by atoms with Crippen LogP contribution < -0.4 is 5.32 Å². The standard InChI is InChI=1S/C20H25F2NO2/c21-13-4-5-15(18(22)10-13)16-11-17(16)19(24)23-14-6-9-25-20(12-14)7-2-1-3-8-20/h4-5,10,14,16-17H,1-3,6-9,11-12H2,(H,23,24)/t14-,16-,17+/m1/s1. The van der Waals surface area contributed by atoms with E-state index in [-0.39, 0.29) is 29.4 Å². The van der Waals surface area contributed by atoms with Gasteiger partial charge in [0.05, 0.1) is 5.60 Å². The molecule has 2 saturated carbocycles. The van der Waals surface area contributed by atoms with Crippen LogP contribution >= 0.6 is 0 Å². The van der Waals surface area contributed by atoms with E-state index >= 15 is 0 Å². The van der Waals surface area contributed by atoms with Gasteiger partial charge in [-0.2, -0.15) is 0 Å². The van der Waals surface area contributed by atoms with Crippen molar-refractivity contribution in [3.63, 3.8) is 0 Å². The van der Waals surface area contributed by atoms with Gasteiger partial charge in [0.1, 0.15) is 11.6 Å². The lowest BCUT2D eigenvalue weighted by Crippen LogP contribution is -2.49. The molecule has 4 rings (SSSR count). The number of carbonyl (C=O) groups is 1. The molecule has 0 radical (unpaired) electrons. The average Bonchev–Trinajstić information content (AvgIpc) is 3.36. The molecule has 1 aliphatic heterocycles. The van der Waals surface area contributed by atoms with Gasteiger partial charge < -0.3 is 10.1 Å². The topological polar surface area (TPSA) is 38.3 Å². The van der Waals surface area contributed by atoms with Crippen LogP contribution in [0.5, 0.6) is 0 Å². The van der Waals surface area contributed by atoms with Gasteiger partial charge in [0.25, 0.3) is 0 Å². The van der Waals surface area contributed by atoms with Crippen LogP contribution in [0.4, 0.5) is 8.78 Å². The average molecular weight is 349 g/mol. The third-order valence-corrected chi connectivity index (χ3v) is 6.09. The Morgan fingerprint density at radius 1 is 1.20 bits per heavy atom. The number of carbonyl (C=O) groups excluding carboxylic acids is 1. The molecule has 3 aliphatic rings. The van der Waals surface area contributed by atoms with E-state index in [1.807, 2.05) is 0 Å². The zero-order chi connectivity index (χ0) is 17.4. The summed E-state index contributed by atoms with van der Waals surface area (Å²) < 4.78 is 33.0. The van der Waals surface area contributed by atoms with E-state index in [0.29, 0.717) is 18.6 Å². The molecule has 3 fully saturated rings. The van der Waals surface area contributed by atoms with Crippen LogP contribution in [0.3, 0.4) is 0 Å². The van der Waals surface area contributed by atoms with Gasteiger partial charge in [-0.05, 0) is 49.7 Å². The molecule has 0 unspecified atom stereocenters. The molecule has 136 valence electrons. The number of nitrogens with one attached hydrogen (secondary N) is 1. The highest BCUT2D eigenvalue weighted by atomic mass is 19.1. The molecule has 1 aromatic carbocycles. The Morgan fingerprint density at radius 2 is 2.00 bits per heavy atom. The highest BCUT2D eigenvalue weighted by Crippen LogP contribution is 2.48. The summed E-state index contributed by atoms with van der Waals surface area (Å²) in [7, 11) is 0. The van der Waals surface area contributed by atoms with Crippen LogP contribution in [0.15, 0.2) is 18.2 Å². The molecule has 1 spiro atoms. The largest absolute Gasteiger partial charge is 0.375 e. The van der Waals surface area contributed by atoms with E-state index in [4.69, 9.17) is 4.74 Å². The number of halogens is 2. The number of rotatable bonds is 3. The van der Waals surface area contributed by atoms with Crippen LogP contribution in [0.25, 0.3) is 0 Å². The first-order chi connectivity index (χ1) is 12.1. The SMILES string of the molecule is O=C(N[C@@H]1CCOC2(CCCCC2)C1)[C@H]1C[C@@H]1c1ccc(F)cc1F. The molecule has 1 aromatic rings. The monoisotopic (exact) mass is 349 g/mol. The fraction of sp³-hybridized carbons (Fsp3) is 0.650. The molecule has 1 amide bonds. The maximum atomic E-state index is 13.9. The minimum atomic E-state index is -0.581. The molecule has 3 atom stereocenters. The van der Waals surface area contributed by atoms with Gasteiger partial charge in [0.15, 0.2) is 0 Å². The Kier molecular flexibility index (Phi) is 4.52. The molecular formula is C20H25F2NO2. The molecular weight excluding hydrogens is 324 g/mol. The minimum absolute atomic E-state index is 0.00610. The second-order valence-electron chi connectivity index (χ2n) is 7.90. The maximum Gasteiger partial charge on any atom is 0.223 e. The first kappa shape index (κ1) is 17.0.